The highest BCUT2D eigenvalue weighted by Gasteiger charge is 2.07. The maximum Gasteiger partial charge on any atom is 0.232 e. The van der Waals surface area contributed by atoms with Crippen molar-refractivity contribution in [3.05, 3.63) is 22.3 Å². The Morgan fingerprint density at radius 1 is 1.33 bits per heavy atom. The van der Waals surface area contributed by atoms with Crippen LogP contribution in [0.25, 0.3) is 11.1 Å². The highest BCUT2D eigenvalue weighted by molar-refractivity contribution is 6.30. The minimum Gasteiger partial charge on any atom is -0.426 e. The van der Waals surface area contributed by atoms with Gasteiger partial charge in [0.25, 0.3) is 0 Å². The van der Waals surface area contributed by atoms with Gasteiger partial charge in [0.2, 0.25) is 11.0 Å². The lowest BCUT2D eigenvalue weighted by atomic mass is 10.3. The van der Waals surface area contributed by atoms with Gasteiger partial charge in [-0.25, -0.2) is 4.98 Å². The summed E-state index contributed by atoms with van der Waals surface area (Å²) < 4.78 is 5.06. The molecule has 2 aromatic heterocycles. The second-order valence-corrected chi connectivity index (χ2v) is 3.06. The van der Waals surface area contributed by atoms with Crippen LogP contribution in [0, 0.1) is 6.92 Å². The Kier molecular flexibility index (Phi) is 1.70. The van der Waals surface area contributed by atoms with Crippen LogP contribution >= 0.6 is 23.2 Å². The van der Waals surface area contributed by atoms with Gasteiger partial charge in [0, 0.05) is 6.07 Å². The number of nitrogens with zero attached hydrogens (tertiary/aromatic N) is 2. The van der Waals surface area contributed by atoms with Crippen LogP contribution in [-0.2, 0) is 0 Å². The molecule has 2 heterocycles. The van der Waals surface area contributed by atoms with Crippen LogP contribution in [0.4, 0.5) is 0 Å². The van der Waals surface area contributed by atoms with Crippen molar-refractivity contribution in [3.8, 4) is 0 Å². The van der Waals surface area contributed by atoms with Gasteiger partial charge < -0.3 is 4.42 Å². The van der Waals surface area contributed by atoms with E-state index < -0.39 is 0 Å². The summed E-state index contributed by atoms with van der Waals surface area (Å²) in [6.45, 7) is 1.82. The fourth-order valence-corrected chi connectivity index (χ4v) is 1.39. The standard InChI is InChI=1S/C7H4Cl2N2O/c1-3-4-2-5(8)12-6(4)11-7(9)10-3/h2H,1H3. The molecule has 0 N–H and O–H groups in total. The number of fused-ring (bicyclic) bond motifs is 1. The predicted octanol–water partition coefficient (Wildman–Crippen LogP) is 2.84. The van der Waals surface area contributed by atoms with Crippen molar-refractivity contribution >= 4 is 34.3 Å². The van der Waals surface area contributed by atoms with Crippen LogP contribution in [0.2, 0.25) is 10.5 Å². The Morgan fingerprint density at radius 2 is 2.08 bits per heavy atom. The van der Waals surface area contributed by atoms with Crippen LogP contribution in [0.15, 0.2) is 10.5 Å². The first kappa shape index (κ1) is 7.83. The van der Waals surface area contributed by atoms with Crippen LogP contribution in [-0.4, -0.2) is 9.97 Å². The minimum atomic E-state index is 0.172. The molecule has 12 heavy (non-hydrogen) atoms. The van der Waals surface area contributed by atoms with E-state index >= 15 is 0 Å². The minimum absolute atomic E-state index is 0.172. The van der Waals surface area contributed by atoms with Gasteiger partial charge in [-0.05, 0) is 30.1 Å². The number of aromatic nitrogens is 2. The highest BCUT2D eigenvalue weighted by Crippen LogP contribution is 2.24. The summed E-state index contributed by atoms with van der Waals surface area (Å²) in [6.07, 6.45) is 0. The molecule has 0 radical (unpaired) electrons. The smallest absolute Gasteiger partial charge is 0.232 e. The number of hydrogen-bond acceptors (Lipinski definition) is 3. The average molecular weight is 203 g/mol. The molecule has 0 fully saturated rings. The Morgan fingerprint density at radius 3 is 2.83 bits per heavy atom. The predicted molar refractivity (Wildman–Crippen MR) is 46.6 cm³/mol. The Balaban J connectivity index is 2.88. The molecule has 0 saturated heterocycles. The molecule has 5 heteroatoms. The summed E-state index contributed by atoms with van der Waals surface area (Å²) in [5.41, 5.74) is 1.19. The Labute approximate surface area is 78.3 Å². The lowest BCUT2D eigenvalue weighted by Gasteiger charge is -1.92. The van der Waals surface area contributed by atoms with Crippen LogP contribution in [0.1, 0.15) is 5.69 Å². The molecule has 0 bridgehead atoms. The number of halogens is 2. The van der Waals surface area contributed by atoms with Crippen molar-refractivity contribution in [1.29, 1.82) is 0 Å². The third kappa shape index (κ3) is 1.15. The zero-order valence-electron chi connectivity index (χ0n) is 6.14. The molecule has 0 saturated carbocycles. The SMILES string of the molecule is Cc1nc(Cl)nc2oc(Cl)cc12. The third-order valence-electron chi connectivity index (χ3n) is 1.53. The quantitative estimate of drug-likeness (QED) is 0.618. The first-order valence-corrected chi connectivity index (χ1v) is 4.01. The summed E-state index contributed by atoms with van der Waals surface area (Å²) in [4.78, 5) is 7.81. The van der Waals surface area contributed by atoms with Gasteiger partial charge in [-0.2, -0.15) is 4.98 Å². The normalized spacial score (nSPS) is 10.9. The van der Waals surface area contributed by atoms with E-state index in [9.17, 15) is 0 Å². The van der Waals surface area contributed by atoms with Crippen LogP contribution in [0.5, 0.6) is 0 Å². The first-order valence-electron chi connectivity index (χ1n) is 3.26. The molecule has 62 valence electrons. The van der Waals surface area contributed by atoms with Crippen molar-refractivity contribution < 1.29 is 4.42 Å². The fraction of sp³-hybridized carbons (Fsp3) is 0.143. The maximum atomic E-state index is 5.63. The molecule has 0 aliphatic rings. The largest absolute Gasteiger partial charge is 0.426 e. The summed E-state index contributed by atoms with van der Waals surface area (Å²) in [5.74, 6) is 0. The van der Waals surface area contributed by atoms with E-state index in [-0.39, 0.29) is 5.28 Å². The summed E-state index contributed by atoms with van der Waals surface area (Å²) in [7, 11) is 0. The van der Waals surface area contributed by atoms with Crippen LogP contribution < -0.4 is 0 Å². The Bertz CT molecular complexity index is 438. The molecule has 0 aliphatic carbocycles. The summed E-state index contributed by atoms with van der Waals surface area (Å²) >= 11 is 11.2. The zero-order chi connectivity index (χ0) is 8.72. The van der Waals surface area contributed by atoms with Gasteiger partial charge in [0.1, 0.15) is 0 Å². The molecule has 0 aliphatic heterocycles. The molecular weight excluding hydrogens is 199 g/mol. The number of hydrogen-bond donors (Lipinski definition) is 0. The molecule has 2 rings (SSSR count). The van der Waals surface area contributed by atoms with E-state index in [0.717, 1.165) is 11.1 Å². The molecule has 0 spiro atoms. The highest BCUT2D eigenvalue weighted by atomic mass is 35.5. The zero-order valence-corrected chi connectivity index (χ0v) is 7.65. The second-order valence-electron chi connectivity index (χ2n) is 2.35. The summed E-state index contributed by atoms with van der Waals surface area (Å²) in [6, 6.07) is 1.67. The molecule has 3 nitrogen and oxygen atoms in total. The first-order chi connectivity index (χ1) is 5.66. The molecule has 0 amide bonds. The molecule has 0 atom stereocenters. The van der Waals surface area contributed by atoms with E-state index in [0.29, 0.717) is 10.9 Å². The van der Waals surface area contributed by atoms with Gasteiger partial charge in [0.15, 0.2) is 5.22 Å². The Hall–Kier alpha value is -0.800. The molecule has 2 aromatic rings. The molecular formula is C7H4Cl2N2O. The second kappa shape index (κ2) is 2.61. The van der Waals surface area contributed by atoms with E-state index in [4.69, 9.17) is 27.6 Å². The number of rotatable bonds is 0. The van der Waals surface area contributed by atoms with Crippen LogP contribution in [0.3, 0.4) is 0 Å². The maximum absolute atomic E-state index is 5.63. The van der Waals surface area contributed by atoms with Gasteiger partial charge in [-0.15, -0.1) is 0 Å². The van der Waals surface area contributed by atoms with E-state index in [1.165, 1.54) is 0 Å². The molecule has 0 unspecified atom stereocenters. The lowest BCUT2D eigenvalue weighted by Crippen LogP contribution is -1.85. The van der Waals surface area contributed by atoms with Gasteiger partial charge >= 0.3 is 0 Å². The van der Waals surface area contributed by atoms with Crippen molar-refractivity contribution in [2.45, 2.75) is 6.92 Å². The van der Waals surface area contributed by atoms with Crippen molar-refractivity contribution in [2.75, 3.05) is 0 Å². The lowest BCUT2D eigenvalue weighted by molar-refractivity contribution is 0.604. The van der Waals surface area contributed by atoms with E-state index in [1.807, 2.05) is 6.92 Å². The van der Waals surface area contributed by atoms with E-state index in [2.05, 4.69) is 9.97 Å². The average Bonchev–Trinajstić information content (AvgIpc) is 2.29. The van der Waals surface area contributed by atoms with Gasteiger partial charge in [-0.1, -0.05) is 0 Å². The topological polar surface area (TPSA) is 38.9 Å². The van der Waals surface area contributed by atoms with Crippen molar-refractivity contribution in [1.82, 2.24) is 9.97 Å². The van der Waals surface area contributed by atoms with Crippen molar-refractivity contribution in [3.63, 3.8) is 0 Å². The number of aryl methyl sites for hydroxylation is 1. The van der Waals surface area contributed by atoms with Crippen molar-refractivity contribution in [2.24, 2.45) is 0 Å². The van der Waals surface area contributed by atoms with Gasteiger partial charge in [-0.3, -0.25) is 0 Å². The molecule has 0 aromatic carbocycles. The summed E-state index contributed by atoms with van der Waals surface area (Å²) in [5, 5.41) is 1.26. The fourth-order valence-electron chi connectivity index (χ4n) is 1.00. The third-order valence-corrected chi connectivity index (χ3v) is 1.88. The van der Waals surface area contributed by atoms with E-state index in [1.54, 1.807) is 6.07 Å². The number of furan rings is 1. The van der Waals surface area contributed by atoms with Gasteiger partial charge in [0.05, 0.1) is 11.1 Å². The monoisotopic (exact) mass is 202 g/mol.